The molecular weight excluding hydrogens is 251 g/mol. The van der Waals surface area contributed by atoms with E-state index in [0.717, 1.165) is 43.9 Å². The Morgan fingerprint density at radius 2 is 2.00 bits per heavy atom. The molecule has 0 radical (unpaired) electrons. The number of hydrogen-bond acceptors (Lipinski definition) is 2. The van der Waals surface area contributed by atoms with Crippen LogP contribution in [0, 0.1) is 11.7 Å². The Morgan fingerprint density at radius 1 is 1.25 bits per heavy atom. The van der Waals surface area contributed by atoms with Gasteiger partial charge in [0.25, 0.3) is 0 Å². The van der Waals surface area contributed by atoms with Crippen LogP contribution in [-0.2, 0) is 6.54 Å². The molecule has 1 aromatic carbocycles. The molecular formula is C17H29FN2. The average Bonchev–Trinajstić information content (AvgIpc) is 2.45. The van der Waals surface area contributed by atoms with Crippen LogP contribution < -0.4 is 10.2 Å². The van der Waals surface area contributed by atoms with Crippen molar-refractivity contribution in [3.05, 3.63) is 29.6 Å². The lowest BCUT2D eigenvalue weighted by Crippen LogP contribution is -2.29. The Hall–Kier alpha value is -1.09. The Labute approximate surface area is 123 Å². The molecule has 0 fully saturated rings. The molecule has 0 saturated heterocycles. The molecule has 2 nitrogen and oxygen atoms in total. The molecule has 20 heavy (non-hydrogen) atoms. The lowest BCUT2D eigenvalue weighted by molar-refractivity contribution is 0.545. The molecule has 3 heteroatoms. The first kappa shape index (κ1) is 17.0. The van der Waals surface area contributed by atoms with Gasteiger partial charge in [-0.3, -0.25) is 0 Å². The van der Waals surface area contributed by atoms with Gasteiger partial charge in [0.05, 0.1) is 0 Å². The zero-order chi connectivity index (χ0) is 15.0. The monoisotopic (exact) mass is 280 g/mol. The minimum atomic E-state index is -0.151. The van der Waals surface area contributed by atoms with Crippen LogP contribution in [0.15, 0.2) is 18.2 Å². The Balaban J connectivity index is 2.89. The number of hydrogen-bond donors (Lipinski definition) is 1. The summed E-state index contributed by atoms with van der Waals surface area (Å²) in [5.41, 5.74) is 2.22. The molecule has 114 valence electrons. The zero-order valence-corrected chi connectivity index (χ0v) is 13.4. The fraction of sp³-hybridized carbons (Fsp3) is 0.647. The van der Waals surface area contributed by atoms with Crippen molar-refractivity contribution >= 4 is 5.69 Å². The molecule has 1 aromatic rings. The summed E-state index contributed by atoms with van der Waals surface area (Å²) in [5, 5.41) is 3.37. The highest BCUT2D eigenvalue weighted by Crippen LogP contribution is 2.23. The van der Waals surface area contributed by atoms with Crippen molar-refractivity contribution in [1.82, 2.24) is 5.32 Å². The van der Waals surface area contributed by atoms with Crippen LogP contribution in [0.25, 0.3) is 0 Å². The van der Waals surface area contributed by atoms with Crippen LogP contribution >= 0.6 is 0 Å². The van der Waals surface area contributed by atoms with Crippen molar-refractivity contribution in [2.45, 2.75) is 47.1 Å². The maximum atomic E-state index is 13.5. The topological polar surface area (TPSA) is 15.3 Å². The highest BCUT2D eigenvalue weighted by atomic mass is 19.1. The molecule has 0 aliphatic rings. The summed E-state index contributed by atoms with van der Waals surface area (Å²) in [6.07, 6.45) is 2.26. The summed E-state index contributed by atoms with van der Waals surface area (Å²) < 4.78 is 13.5. The average molecular weight is 280 g/mol. The van der Waals surface area contributed by atoms with Gasteiger partial charge in [-0.1, -0.05) is 27.2 Å². The van der Waals surface area contributed by atoms with Crippen LogP contribution in [0.3, 0.4) is 0 Å². The molecule has 1 unspecified atom stereocenters. The summed E-state index contributed by atoms with van der Waals surface area (Å²) in [6, 6.07) is 5.15. The first-order valence-electron chi connectivity index (χ1n) is 7.86. The number of nitrogens with zero attached hydrogens (tertiary/aromatic N) is 1. The molecule has 0 amide bonds. The van der Waals surface area contributed by atoms with E-state index >= 15 is 0 Å². The van der Waals surface area contributed by atoms with Gasteiger partial charge in [0.1, 0.15) is 5.82 Å². The predicted molar refractivity (Wildman–Crippen MR) is 85.7 cm³/mol. The van der Waals surface area contributed by atoms with Gasteiger partial charge in [0.2, 0.25) is 0 Å². The molecule has 0 heterocycles. The Bertz CT molecular complexity index is 393. The molecule has 0 aliphatic carbocycles. The summed E-state index contributed by atoms with van der Waals surface area (Å²) >= 11 is 0. The third-order valence-corrected chi connectivity index (χ3v) is 3.74. The van der Waals surface area contributed by atoms with Gasteiger partial charge in [0.15, 0.2) is 0 Å². The summed E-state index contributed by atoms with van der Waals surface area (Å²) in [5.74, 6) is 0.498. The number of halogens is 1. The van der Waals surface area contributed by atoms with Crippen molar-refractivity contribution < 1.29 is 4.39 Å². The number of rotatable bonds is 9. The van der Waals surface area contributed by atoms with Crippen LogP contribution in [0.2, 0.25) is 0 Å². The molecule has 0 aliphatic heterocycles. The maximum Gasteiger partial charge on any atom is 0.123 e. The SMILES string of the molecule is CCCNCc1cc(F)ccc1N(CC)CC(C)CC. The maximum absolute atomic E-state index is 13.5. The minimum absolute atomic E-state index is 0.151. The van der Waals surface area contributed by atoms with Crippen LogP contribution in [0.1, 0.15) is 46.1 Å². The van der Waals surface area contributed by atoms with Crippen LogP contribution in [0.4, 0.5) is 10.1 Å². The predicted octanol–water partition coefficient (Wildman–Crippen LogP) is 4.20. The van der Waals surface area contributed by atoms with Gasteiger partial charge in [-0.2, -0.15) is 0 Å². The molecule has 1 N–H and O–H groups in total. The van der Waals surface area contributed by atoms with Gasteiger partial charge >= 0.3 is 0 Å². The van der Waals surface area contributed by atoms with Crippen molar-refractivity contribution in [2.24, 2.45) is 5.92 Å². The first-order chi connectivity index (χ1) is 9.62. The molecule has 0 bridgehead atoms. The van der Waals surface area contributed by atoms with Gasteiger partial charge in [-0.25, -0.2) is 4.39 Å². The highest BCUT2D eigenvalue weighted by Gasteiger charge is 2.13. The van der Waals surface area contributed by atoms with E-state index in [1.54, 1.807) is 12.1 Å². The fourth-order valence-corrected chi connectivity index (χ4v) is 2.31. The third kappa shape index (κ3) is 5.12. The third-order valence-electron chi connectivity index (χ3n) is 3.74. The zero-order valence-electron chi connectivity index (χ0n) is 13.4. The van der Waals surface area contributed by atoms with E-state index in [9.17, 15) is 4.39 Å². The molecule has 0 spiro atoms. The van der Waals surface area contributed by atoms with Gasteiger partial charge < -0.3 is 10.2 Å². The van der Waals surface area contributed by atoms with Crippen molar-refractivity contribution in [3.63, 3.8) is 0 Å². The van der Waals surface area contributed by atoms with E-state index in [0.29, 0.717) is 5.92 Å². The second-order valence-electron chi connectivity index (χ2n) is 5.50. The molecule has 1 atom stereocenters. The van der Waals surface area contributed by atoms with E-state index in [1.165, 1.54) is 6.42 Å². The quantitative estimate of drug-likeness (QED) is 0.682. The molecule has 1 rings (SSSR count). The number of anilines is 1. The smallest absolute Gasteiger partial charge is 0.123 e. The van der Waals surface area contributed by atoms with Gasteiger partial charge in [0, 0.05) is 25.3 Å². The summed E-state index contributed by atoms with van der Waals surface area (Å²) in [4.78, 5) is 2.36. The normalized spacial score (nSPS) is 12.4. The summed E-state index contributed by atoms with van der Waals surface area (Å²) in [6.45, 7) is 12.5. The van der Waals surface area contributed by atoms with E-state index in [1.807, 2.05) is 6.07 Å². The van der Waals surface area contributed by atoms with E-state index in [2.05, 4.69) is 37.9 Å². The first-order valence-corrected chi connectivity index (χ1v) is 7.86. The number of nitrogens with one attached hydrogen (secondary N) is 1. The van der Waals surface area contributed by atoms with E-state index in [4.69, 9.17) is 0 Å². The molecule has 0 aromatic heterocycles. The molecule has 0 saturated carbocycles. The second kappa shape index (κ2) is 8.96. The van der Waals surface area contributed by atoms with Crippen molar-refractivity contribution in [2.75, 3.05) is 24.5 Å². The lowest BCUT2D eigenvalue weighted by atomic mass is 10.1. The number of benzene rings is 1. The second-order valence-corrected chi connectivity index (χ2v) is 5.50. The van der Waals surface area contributed by atoms with Crippen molar-refractivity contribution in [1.29, 1.82) is 0 Å². The Kier molecular flexibility index (Phi) is 7.60. The van der Waals surface area contributed by atoms with Crippen molar-refractivity contribution in [3.8, 4) is 0 Å². The van der Waals surface area contributed by atoms with Crippen LogP contribution in [-0.4, -0.2) is 19.6 Å². The lowest BCUT2D eigenvalue weighted by Gasteiger charge is -2.28. The van der Waals surface area contributed by atoms with E-state index in [-0.39, 0.29) is 5.82 Å². The standard InChI is InChI=1S/C17H29FN2/c1-5-10-19-12-15-11-16(18)8-9-17(15)20(7-3)13-14(4)6-2/h8-9,11,14,19H,5-7,10,12-13H2,1-4H3. The fourth-order valence-electron chi connectivity index (χ4n) is 2.31. The summed E-state index contributed by atoms with van der Waals surface area (Å²) in [7, 11) is 0. The minimum Gasteiger partial charge on any atom is -0.371 e. The Morgan fingerprint density at radius 3 is 2.60 bits per heavy atom. The van der Waals surface area contributed by atoms with E-state index < -0.39 is 0 Å². The van der Waals surface area contributed by atoms with Crippen LogP contribution in [0.5, 0.6) is 0 Å². The van der Waals surface area contributed by atoms with Gasteiger partial charge in [-0.15, -0.1) is 0 Å². The van der Waals surface area contributed by atoms with Gasteiger partial charge in [-0.05, 0) is 49.6 Å². The largest absolute Gasteiger partial charge is 0.371 e. The highest BCUT2D eigenvalue weighted by molar-refractivity contribution is 5.54.